The Morgan fingerprint density at radius 3 is 2.39 bits per heavy atom. The molecule has 0 amide bonds. The summed E-state index contributed by atoms with van der Waals surface area (Å²) in [6.07, 6.45) is 4.83. The van der Waals surface area contributed by atoms with E-state index in [1.54, 1.807) is 6.07 Å². The van der Waals surface area contributed by atoms with Gasteiger partial charge in [-0.25, -0.2) is 4.39 Å². The standard InChI is InChI=1S/C23H24FNO3/c24-23-11-19(5-6-20(23)12-25)18-3-1-16(2-4-18)17-7-9-21(10-8-17)28-15-26-13-22-14-27-22/h1-6,11,17,21-22H,7-10,13-15H2. The highest BCUT2D eigenvalue weighted by molar-refractivity contribution is 5.64. The van der Waals surface area contributed by atoms with Gasteiger partial charge in [-0.1, -0.05) is 30.3 Å². The molecule has 4 rings (SSSR count). The van der Waals surface area contributed by atoms with Crippen LogP contribution in [0.15, 0.2) is 42.5 Å². The van der Waals surface area contributed by atoms with Crippen LogP contribution in [0.25, 0.3) is 11.1 Å². The molecule has 1 aliphatic heterocycles. The minimum atomic E-state index is -0.476. The minimum absolute atomic E-state index is 0.0746. The van der Waals surface area contributed by atoms with E-state index in [1.165, 1.54) is 17.7 Å². The second kappa shape index (κ2) is 8.83. The van der Waals surface area contributed by atoms with Gasteiger partial charge < -0.3 is 14.2 Å². The molecular weight excluding hydrogens is 357 g/mol. The summed E-state index contributed by atoms with van der Waals surface area (Å²) < 4.78 is 30.2. The number of nitrogens with zero attached hydrogens (tertiary/aromatic N) is 1. The predicted octanol–water partition coefficient (Wildman–Crippen LogP) is 4.78. The van der Waals surface area contributed by atoms with Crippen molar-refractivity contribution < 1.29 is 18.6 Å². The third-order valence-electron chi connectivity index (χ3n) is 5.57. The molecule has 1 heterocycles. The average Bonchev–Trinajstić information content (AvgIpc) is 3.56. The van der Waals surface area contributed by atoms with Gasteiger partial charge in [0, 0.05) is 0 Å². The predicted molar refractivity (Wildman–Crippen MR) is 103 cm³/mol. The first-order valence-electron chi connectivity index (χ1n) is 9.84. The van der Waals surface area contributed by atoms with Gasteiger partial charge in [-0.2, -0.15) is 5.26 Å². The van der Waals surface area contributed by atoms with Crippen molar-refractivity contribution in [1.29, 1.82) is 5.26 Å². The highest BCUT2D eigenvalue weighted by atomic mass is 19.1. The lowest BCUT2D eigenvalue weighted by Crippen LogP contribution is -2.22. The van der Waals surface area contributed by atoms with Crippen LogP contribution >= 0.6 is 0 Å². The second-order valence-corrected chi connectivity index (χ2v) is 7.51. The second-order valence-electron chi connectivity index (χ2n) is 7.51. The van der Waals surface area contributed by atoms with Crippen LogP contribution in [0.4, 0.5) is 4.39 Å². The lowest BCUT2D eigenvalue weighted by atomic mass is 9.82. The zero-order valence-electron chi connectivity index (χ0n) is 15.8. The van der Waals surface area contributed by atoms with Gasteiger partial charge in [0.1, 0.15) is 24.8 Å². The molecular formula is C23H24FNO3. The van der Waals surface area contributed by atoms with Crippen molar-refractivity contribution in [2.75, 3.05) is 20.0 Å². The highest BCUT2D eigenvalue weighted by Crippen LogP contribution is 2.35. The smallest absolute Gasteiger partial charge is 0.147 e. The number of hydrogen-bond donors (Lipinski definition) is 0. The van der Waals surface area contributed by atoms with Crippen molar-refractivity contribution in [1.82, 2.24) is 0 Å². The van der Waals surface area contributed by atoms with Gasteiger partial charge in [-0.05, 0) is 60.4 Å². The van der Waals surface area contributed by atoms with Crippen LogP contribution in [0.1, 0.15) is 42.7 Å². The largest absolute Gasteiger partial charge is 0.371 e. The van der Waals surface area contributed by atoms with Crippen molar-refractivity contribution in [3.8, 4) is 17.2 Å². The molecule has 2 fully saturated rings. The summed E-state index contributed by atoms with van der Waals surface area (Å²) in [5, 5.41) is 8.85. The molecule has 2 aromatic carbocycles. The van der Waals surface area contributed by atoms with Gasteiger partial charge in [0.15, 0.2) is 0 Å². The van der Waals surface area contributed by atoms with E-state index in [0.29, 0.717) is 19.3 Å². The Morgan fingerprint density at radius 1 is 1.04 bits per heavy atom. The summed E-state index contributed by atoms with van der Waals surface area (Å²) >= 11 is 0. The zero-order valence-corrected chi connectivity index (χ0v) is 15.8. The van der Waals surface area contributed by atoms with E-state index >= 15 is 0 Å². The first-order valence-corrected chi connectivity index (χ1v) is 9.84. The number of nitriles is 1. The van der Waals surface area contributed by atoms with Crippen molar-refractivity contribution in [2.24, 2.45) is 0 Å². The molecule has 1 saturated heterocycles. The van der Waals surface area contributed by atoms with Gasteiger partial charge in [0.25, 0.3) is 0 Å². The maximum absolute atomic E-state index is 13.8. The highest BCUT2D eigenvalue weighted by Gasteiger charge is 2.24. The van der Waals surface area contributed by atoms with E-state index < -0.39 is 5.82 Å². The fourth-order valence-electron chi connectivity index (χ4n) is 3.78. The fraction of sp³-hybridized carbons (Fsp3) is 0.435. The molecule has 28 heavy (non-hydrogen) atoms. The lowest BCUT2D eigenvalue weighted by Gasteiger charge is -2.28. The molecule has 0 aromatic heterocycles. The zero-order chi connectivity index (χ0) is 19.3. The summed E-state index contributed by atoms with van der Waals surface area (Å²) in [6, 6.07) is 14.9. The summed E-state index contributed by atoms with van der Waals surface area (Å²) in [6.45, 7) is 1.79. The Morgan fingerprint density at radius 2 is 1.75 bits per heavy atom. The number of benzene rings is 2. The van der Waals surface area contributed by atoms with Gasteiger partial charge in [0.05, 0.1) is 24.9 Å². The van der Waals surface area contributed by atoms with Gasteiger partial charge in [-0.15, -0.1) is 0 Å². The number of hydrogen-bond acceptors (Lipinski definition) is 4. The Hall–Kier alpha value is -2.26. The Labute approximate surface area is 164 Å². The monoisotopic (exact) mass is 381 g/mol. The van der Waals surface area contributed by atoms with E-state index in [4.69, 9.17) is 19.5 Å². The van der Waals surface area contributed by atoms with E-state index in [1.807, 2.05) is 18.2 Å². The number of ether oxygens (including phenoxy) is 3. The van der Waals surface area contributed by atoms with Crippen LogP contribution < -0.4 is 0 Å². The van der Waals surface area contributed by atoms with Gasteiger partial charge >= 0.3 is 0 Å². The molecule has 1 atom stereocenters. The molecule has 1 saturated carbocycles. The SMILES string of the molecule is N#Cc1ccc(-c2ccc(C3CCC(OCOCC4CO4)CC3)cc2)cc1F. The molecule has 1 aliphatic carbocycles. The number of rotatable bonds is 7. The van der Waals surface area contributed by atoms with Crippen molar-refractivity contribution in [2.45, 2.75) is 43.8 Å². The van der Waals surface area contributed by atoms with Crippen LogP contribution in [-0.2, 0) is 14.2 Å². The number of epoxide rings is 1. The molecule has 146 valence electrons. The summed E-state index contributed by atoms with van der Waals surface area (Å²) in [7, 11) is 0. The van der Waals surface area contributed by atoms with Crippen molar-refractivity contribution in [3.63, 3.8) is 0 Å². The van der Waals surface area contributed by atoms with E-state index in [0.717, 1.165) is 43.4 Å². The molecule has 0 N–H and O–H groups in total. The lowest BCUT2D eigenvalue weighted by molar-refractivity contribution is -0.102. The summed E-state index contributed by atoms with van der Waals surface area (Å²) in [5.41, 5.74) is 3.14. The van der Waals surface area contributed by atoms with Crippen LogP contribution in [0, 0.1) is 17.1 Å². The van der Waals surface area contributed by atoms with Crippen molar-refractivity contribution >= 4 is 0 Å². The first kappa shape index (κ1) is 19.1. The third kappa shape index (κ3) is 4.77. The Bertz CT molecular complexity index is 834. The number of halogens is 1. The Balaban J connectivity index is 1.28. The van der Waals surface area contributed by atoms with Crippen molar-refractivity contribution in [3.05, 3.63) is 59.4 Å². The van der Waals surface area contributed by atoms with Crippen LogP contribution in [0.3, 0.4) is 0 Å². The van der Waals surface area contributed by atoms with Gasteiger partial charge in [0.2, 0.25) is 0 Å². The van der Waals surface area contributed by atoms with Crippen LogP contribution in [0.2, 0.25) is 0 Å². The molecule has 0 radical (unpaired) electrons. The topological polar surface area (TPSA) is 54.8 Å². The average molecular weight is 381 g/mol. The van der Waals surface area contributed by atoms with Gasteiger partial charge in [-0.3, -0.25) is 0 Å². The first-order chi connectivity index (χ1) is 13.7. The van der Waals surface area contributed by atoms with E-state index in [9.17, 15) is 4.39 Å². The molecule has 1 unspecified atom stereocenters. The molecule has 0 spiro atoms. The quantitative estimate of drug-likeness (QED) is 0.393. The molecule has 2 aliphatic rings. The molecule has 5 heteroatoms. The van der Waals surface area contributed by atoms with Crippen LogP contribution in [0.5, 0.6) is 0 Å². The maximum Gasteiger partial charge on any atom is 0.147 e. The summed E-state index contributed by atoms with van der Waals surface area (Å²) in [4.78, 5) is 0. The van der Waals surface area contributed by atoms with E-state index in [-0.39, 0.29) is 17.8 Å². The maximum atomic E-state index is 13.8. The fourth-order valence-corrected chi connectivity index (χ4v) is 3.78. The third-order valence-corrected chi connectivity index (χ3v) is 5.57. The summed E-state index contributed by atoms with van der Waals surface area (Å²) in [5.74, 6) is 0.0587. The molecule has 4 nitrogen and oxygen atoms in total. The minimum Gasteiger partial charge on any atom is -0.371 e. The Kier molecular flexibility index (Phi) is 6.01. The van der Waals surface area contributed by atoms with Crippen LogP contribution in [-0.4, -0.2) is 32.2 Å². The molecule has 2 aromatic rings. The molecule has 0 bridgehead atoms. The normalized spacial score (nSPS) is 23.9. The van der Waals surface area contributed by atoms with E-state index in [2.05, 4.69) is 12.1 Å².